The zero-order valence-electron chi connectivity index (χ0n) is 11.9. The third-order valence-electron chi connectivity index (χ3n) is 3.49. The first-order valence-corrected chi connectivity index (χ1v) is 6.88. The molecular formula is C15H21NO4. The van der Waals surface area contributed by atoms with Crippen molar-refractivity contribution in [2.45, 2.75) is 26.0 Å². The predicted molar refractivity (Wildman–Crippen MR) is 75.3 cm³/mol. The van der Waals surface area contributed by atoms with Crippen LogP contribution in [0.3, 0.4) is 0 Å². The molecule has 1 fully saturated rings. The summed E-state index contributed by atoms with van der Waals surface area (Å²) in [6.45, 7) is 7.03. The maximum atomic E-state index is 11.1. The minimum atomic E-state index is -0.964. The Balaban J connectivity index is 1.88. The average Bonchev–Trinajstić information content (AvgIpc) is 2.43. The number of morpholine rings is 1. The number of carboxylic acids is 1. The van der Waals surface area contributed by atoms with E-state index in [9.17, 15) is 4.79 Å². The smallest absolute Gasteiger partial charge is 0.339 e. The number of carboxylic acid groups (broad SMARTS) is 1. The van der Waals surface area contributed by atoms with Crippen LogP contribution in [0.1, 0.15) is 24.2 Å². The van der Waals surface area contributed by atoms with E-state index in [4.69, 9.17) is 14.6 Å². The number of ether oxygens (including phenoxy) is 2. The summed E-state index contributed by atoms with van der Waals surface area (Å²) in [7, 11) is 0. The summed E-state index contributed by atoms with van der Waals surface area (Å²) in [4.78, 5) is 13.4. The van der Waals surface area contributed by atoms with Gasteiger partial charge in [0, 0.05) is 19.1 Å². The Bertz CT molecular complexity index is 463. The lowest BCUT2D eigenvalue weighted by Gasteiger charge is -2.36. The van der Waals surface area contributed by atoms with Gasteiger partial charge in [0.2, 0.25) is 0 Å². The van der Waals surface area contributed by atoms with E-state index in [1.807, 2.05) is 0 Å². The number of benzene rings is 1. The highest BCUT2D eigenvalue weighted by molar-refractivity contribution is 5.90. The molecule has 0 spiro atoms. The highest BCUT2D eigenvalue weighted by Gasteiger charge is 2.23. The predicted octanol–water partition coefficient (Wildman–Crippen LogP) is 1.87. The molecule has 1 heterocycles. The number of hydrogen-bond acceptors (Lipinski definition) is 4. The molecular weight excluding hydrogens is 258 g/mol. The molecule has 1 aromatic rings. The Morgan fingerprint density at radius 2 is 2.20 bits per heavy atom. The van der Waals surface area contributed by atoms with Gasteiger partial charge >= 0.3 is 5.97 Å². The highest BCUT2D eigenvalue weighted by atomic mass is 16.5. The summed E-state index contributed by atoms with van der Waals surface area (Å²) in [6.07, 6.45) is 0.234. The minimum Gasteiger partial charge on any atom is -0.491 e. The maximum Gasteiger partial charge on any atom is 0.339 e. The molecule has 1 N–H and O–H groups in total. The van der Waals surface area contributed by atoms with Crippen LogP contribution in [0.15, 0.2) is 24.3 Å². The second-order valence-corrected chi connectivity index (χ2v) is 5.14. The fourth-order valence-electron chi connectivity index (χ4n) is 2.33. The Labute approximate surface area is 119 Å². The first kappa shape index (κ1) is 14.8. The van der Waals surface area contributed by atoms with Gasteiger partial charge in [0.25, 0.3) is 0 Å². The molecule has 5 nitrogen and oxygen atoms in total. The maximum absolute atomic E-state index is 11.1. The topological polar surface area (TPSA) is 59.0 Å². The molecule has 2 atom stereocenters. The number of para-hydroxylation sites is 1. The minimum absolute atomic E-state index is 0.205. The standard InChI is InChI=1S/C15H21NO4/c1-11-10-20-12(2)9-16(11)7-8-19-14-6-4-3-5-13(14)15(17)18/h3-6,11-12H,7-10H2,1-2H3,(H,17,18)/t11-,12-/m1/s1. The lowest BCUT2D eigenvalue weighted by atomic mass is 10.2. The monoisotopic (exact) mass is 279 g/mol. The van der Waals surface area contributed by atoms with Crippen molar-refractivity contribution >= 4 is 5.97 Å². The Hall–Kier alpha value is -1.59. The van der Waals surface area contributed by atoms with Crippen molar-refractivity contribution in [3.05, 3.63) is 29.8 Å². The van der Waals surface area contributed by atoms with Crippen LogP contribution in [-0.2, 0) is 4.74 Å². The van der Waals surface area contributed by atoms with Crippen LogP contribution in [0.2, 0.25) is 0 Å². The van der Waals surface area contributed by atoms with E-state index >= 15 is 0 Å². The Morgan fingerprint density at radius 1 is 1.45 bits per heavy atom. The van der Waals surface area contributed by atoms with Gasteiger partial charge in [-0.1, -0.05) is 12.1 Å². The van der Waals surface area contributed by atoms with E-state index in [1.54, 1.807) is 24.3 Å². The van der Waals surface area contributed by atoms with Gasteiger partial charge in [-0.2, -0.15) is 0 Å². The van der Waals surface area contributed by atoms with Gasteiger partial charge in [-0.05, 0) is 26.0 Å². The van der Waals surface area contributed by atoms with Gasteiger partial charge in [-0.25, -0.2) is 4.79 Å². The largest absolute Gasteiger partial charge is 0.491 e. The third kappa shape index (κ3) is 3.71. The lowest BCUT2D eigenvalue weighted by molar-refractivity contribution is -0.0522. The molecule has 0 amide bonds. The fraction of sp³-hybridized carbons (Fsp3) is 0.533. The van der Waals surface area contributed by atoms with Crippen LogP contribution in [0.4, 0.5) is 0 Å². The molecule has 5 heteroatoms. The second kappa shape index (κ2) is 6.72. The number of carbonyl (C=O) groups is 1. The zero-order chi connectivity index (χ0) is 14.5. The van der Waals surface area contributed by atoms with Gasteiger partial charge in [-0.15, -0.1) is 0 Å². The van der Waals surface area contributed by atoms with Gasteiger partial charge < -0.3 is 14.6 Å². The summed E-state index contributed by atoms with van der Waals surface area (Å²) in [5, 5.41) is 9.08. The van der Waals surface area contributed by atoms with Crippen LogP contribution in [0.5, 0.6) is 5.75 Å². The summed E-state index contributed by atoms with van der Waals surface area (Å²) in [5.74, 6) is -0.539. The van der Waals surface area contributed by atoms with E-state index in [-0.39, 0.29) is 11.7 Å². The SMILES string of the molecule is C[C@@H]1CN(CCOc2ccccc2C(=O)O)[C@H](C)CO1. The molecule has 1 saturated heterocycles. The van der Waals surface area contributed by atoms with Crippen LogP contribution < -0.4 is 4.74 Å². The number of hydrogen-bond donors (Lipinski definition) is 1. The summed E-state index contributed by atoms with van der Waals surface area (Å²) in [5.41, 5.74) is 0.205. The van der Waals surface area contributed by atoms with Crippen LogP contribution >= 0.6 is 0 Å². The molecule has 0 bridgehead atoms. The Morgan fingerprint density at radius 3 is 2.95 bits per heavy atom. The highest BCUT2D eigenvalue weighted by Crippen LogP contribution is 2.18. The molecule has 0 aliphatic carbocycles. The van der Waals surface area contributed by atoms with Crippen molar-refractivity contribution in [2.75, 3.05) is 26.3 Å². The molecule has 1 aliphatic heterocycles. The van der Waals surface area contributed by atoms with Gasteiger partial charge in [0.05, 0.1) is 12.7 Å². The second-order valence-electron chi connectivity index (χ2n) is 5.14. The molecule has 0 radical (unpaired) electrons. The van der Waals surface area contributed by atoms with Crippen LogP contribution in [-0.4, -0.2) is 54.4 Å². The summed E-state index contributed by atoms with van der Waals surface area (Å²) < 4.78 is 11.2. The van der Waals surface area contributed by atoms with Crippen LogP contribution in [0, 0.1) is 0 Å². The van der Waals surface area contributed by atoms with Crippen LogP contribution in [0.25, 0.3) is 0 Å². The van der Waals surface area contributed by atoms with E-state index in [2.05, 4.69) is 18.7 Å². The summed E-state index contributed by atoms with van der Waals surface area (Å²) in [6, 6.07) is 7.08. The van der Waals surface area contributed by atoms with E-state index in [1.165, 1.54) is 0 Å². The van der Waals surface area contributed by atoms with Gasteiger partial charge in [0.1, 0.15) is 17.9 Å². The number of rotatable bonds is 5. The van der Waals surface area contributed by atoms with Crippen molar-refractivity contribution in [1.82, 2.24) is 4.90 Å². The molecule has 1 aliphatic rings. The quantitative estimate of drug-likeness (QED) is 0.891. The van der Waals surface area contributed by atoms with Gasteiger partial charge in [0.15, 0.2) is 0 Å². The van der Waals surface area contributed by atoms with Crippen molar-refractivity contribution in [3.63, 3.8) is 0 Å². The van der Waals surface area contributed by atoms with Crippen molar-refractivity contribution in [3.8, 4) is 5.75 Å². The number of nitrogens with zero attached hydrogens (tertiary/aromatic N) is 1. The average molecular weight is 279 g/mol. The fourth-order valence-corrected chi connectivity index (χ4v) is 2.33. The molecule has 110 valence electrons. The van der Waals surface area contributed by atoms with E-state index in [0.717, 1.165) is 19.7 Å². The molecule has 1 aromatic carbocycles. The molecule has 20 heavy (non-hydrogen) atoms. The number of aromatic carboxylic acids is 1. The Kier molecular flexibility index (Phi) is 4.98. The molecule has 0 saturated carbocycles. The first-order chi connectivity index (χ1) is 9.58. The van der Waals surface area contributed by atoms with Crippen molar-refractivity contribution < 1.29 is 19.4 Å². The van der Waals surface area contributed by atoms with E-state index < -0.39 is 5.97 Å². The summed E-state index contributed by atoms with van der Waals surface area (Å²) >= 11 is 0. The lowest BCUT2D eigenvalue weighted by Crippen LogP contribution is -2.48. The van der Waals surface area contributed by atoms with Gasteiger partial charge in [-0.3, -0.25) is 4.90 Å². The van der Waals surface area contributed by atoms with Crippen molar-refractivity contribution in [2.24, 2.45) is 0 Å². The van der Waals surface area contributed by atoms with E-state index in [0.29, 0.717) is 18.4 Å². The van der Waals surface area contributed by atoms with Crippen molar-refractivity contribution in [1.29, 1.82) is 0 Å². The third-order valence-corrected chi connectivity index (χ3v) is 3.49. The first-order valence-electron chi connectivity index (χ1n) is 6.88. The molecule has 2 rings (SSSR count). The zero-order valence-corrected chi connectivity index (χ0v) is 11.9. The normalized spacial score (nSPS) is 23.5. The molecule has 0 unspecified atom stereocenters. The molecule has 0 aromatic heterocycles.